The number of anilines is 1. The Kier molecular flexibility index (Phi) is 7.00. The van der Waals surface area contributed by atoms with E-state index in [2.05, 4.69) is 5.32 Å². The van der Waals surface area contributed by atoms with Crippen molar-refractivity contribution in [1.29, 1.82) is 0 Å². The summed E-state index contributed by atoms with van der Waals surface area (Å²) in [6.07, 6.45) is 8.71. The summed E-state index contributed by atoms with van der Waals surface area (Å²) in [5.41, 5.74) is 7.74. The number of fused-ring (bicyclic) bond motifs is 2. The van der Waals surface area contributed by atoms with Crippen LogP contribution in [-0.4, -0.2) is 35.8 Å². The fraction of sp³-hybridized carbons (Fsp3) is 0.636. The highest BCUT2D eigenvalue weighted by atomic mass is 35.5. The highest BCUT2D eigenvalue weighted by Gasteiger charge is 2.40. The van der Waals surface area contributed by atoms with Crippen LogP contribution >= 0.6 is 12.4 Å². The van der Waals surface area contributed by atoms with Crippen molar-refractivity contribution in [1.82, 2.24) is 4.90 Å². The van der Waals surface area contributed by atoms with E-state index in [1.807, 2.05) is 29.2 Å². The van der Waals surface area contributed by atoms with E-state index in [0.29, 0.717) is 17.4 Å². The van der Waals surface area contributed by atoms with Gasteiger partial charge in [-0.1, -0.05) is 12.5 Å². The molecule has 1 aromatic rings. The van der Waals surface area contributed by atoms with Crippen LogP contribution in [0.2, 0.25) is 0 Å². The molecular weight excluding hydrogens is 374 g/mol. The molecule has 2 atom stereocenters. The van der Waals surface area contributed by atoms with Gasteiger partial charge in [-0.3, -0.25) is 9.59 Å². The standard InChI is InChI=1S/C22H31N3O2.ClH/c23-20-15-6-4-7-16(20)13-18(12-15)21(26)24-19-9-5-8-17(14-19)22(27)25-10-2-1-3-11-25;/h5,8-9,14-16,18,20H,1-4,6-7,10-13,23H2,(H,24,26);1H. The predicted octanol–water partition coefficient (Wildman–Crippen LogP) is 3.83. The second kappa shape index (κ2) is 9.27. The second-order valence-corrected chi connectivity index (χ2v) is 8.62. The topological polar surface area (TPSA) is 75.4 Å². The Bertz CT molecular complexity index is 691. The van der Waals surface area contributed by atoms with Gasteiger partial charge >= 0.3 is 0 Å². The van der Waals surface area contributed by atoms with Crippen LogP contribution in [0.4, 0.5) is 5.69 Å². The van der Waals surface area contributed by atoms with Crippen molar-refractivity contribution in [2.75, 3.05) is 18.4 Å². The third-order valence-electron chi connectivity index (χ3n) is 6.80. The van der Waals surface area contributed by atoms with Gasteiger partial charge in [0.15, 0.2) is 0 Å². The molecule has 2 unspecified atom stereocenters. The fourth-order valence-corrected chi connectivity index (χ4v) is 5.26. The molecule has 3 aliphatic rings. The average Bonchev–Trinajstić information content (AvgIpc) is 2.68. The maximum Gasteiger partial charge on any atom is 0.253 e. The SMILES string of the molecule is Cl.NC1C2CCCC1CC(C(=O)Nc1cccc(C(=O)N3CCCCC3)c1)C2. The van der Waals surface area contributed by atoms with Crippen LogP contribution in [-0.2, 0) is 4.79 Å². The van der Waals surface area contributed by atoms with Crippen molar-refractivity contribution in [3.8, 4) is 0 Å². The number of nitrogens with two attached hydrogens (primary N) is 1. The van der Waals surface area contributed by atoms with Gasteiger partial charge in [0.25, 0.3) is 5.91 Å². The first kappa shape index (κ1) is 21.1. The monoisotopic (exact) mass is 405 g/mol. The molecule has 4 rings (SSSR count). The van der Waals surface area contributed by atoms with E-state index in [4.69, 9.17) is 5.73 Å². The van der Waals surface area contributed by atoms with Crippen LogP contribution in [0, 0.1) is 17.8 Å². The maximum atomic E-state index is 12.8. The van der Waals surface area contributed by atoms with Gasteiger partial charge in [-0.15, -0.1) is 12.4 Å². The summed E-state index contributed by atoms with van der Waals surface area (Å²) in [4.78, 5) is 27.5. The van der Waals surface area contributed by atoms with Crippen molar-refractivity contribution in [3.05, 3.63) is 29.8 Å². The molecule has 1 aromatic carbocycles. The Balaban J connectivity index is 0.00000225. The van der Waals surface area contributed by atoms with Crippen molar-refractivity contribution in [2.24, 2.45) is 23.5 Å². The number of benzene rings is 1. The molecule has 6 heteroatoms. The number of rotatable bonds is 3. The van der Waals surface area contributed by atoms with Crippen LogP contribution in [0.3, 0.4) is 0 Å². The molecule has 154 valence electrons. The lowest BCUT2D eigenvalue weighted by molar-refractivity contribution is -0.122. The van der Waals surface area contributed by atoms with Crippen molar-refractivity contribution in [2.45, 2.75) is 57.4 Å². The third-order valence-corrected chi connectivity index (χ3v) is 6.80. The van der Waals surface area contributed by atoms with Crippen LogP contribution in [0.25, 0.3) is 0 Å². The molecule has 2 bridgehead atoms. The minimum Gasteiger partial charge on any atom is -0.339 e. The fourth-order valence-electron chi connectivity index (χ4n) is 5.26. The predicted molar refractivity (Wildman–Crippen MR) is 114 cm³/mol. The number of nitrogens with one attached hydrogen (secondary N) is 1. The largest absolute Gasteiger partial charge is 0.339 e. The van der Waals surface area contributed by atoms with Crippen LogP contribution in [0.5, 0.6) is 0 Å². The Morgan fingerprint density at radius 1 is 1.00 bits per heavy atom. The smallest absolute Gasteiger partial charge is 0.253 e. The van der Waals surface area contributed by atoms with Crippen molar-refractivity contribution >= 4 is 29.9 Å². The first-order valence-corrected chi connectivity index (χ1v) is 10.6. The highest BCUT2D eigenvalue weighted by Crippen LogP contribution is 2.42. The molecule has 2 amide bonds. The zero-order valence-corrected chi connectivity index (χ0v) is 17.3. The van der Waals surface area contributed by atoms with Gasteiger partial charge < -0.3 is 16.0 Å². The lowest BCUT2D eigenvalue weighted by atomic mass is 9.65. The maximum absolute atomic E-state index is 12.8. The lowest BCUT2D eigenvalue weighted by Gasteiger charge is -2.43. The molecule has 28 heavy (non-hydrogen) atoms. The summed E-state index contributed by atoms with van der Waals surface area (Å²) in [5, 5.41) is 3.06. The number of hydrogen-bond donors (Lipinski definition) is 2. The van der Waals surface area contributed by atoms with Gasteiger partial charge in [0.2, 0.25) is 5.91 Å². The van der Waals surface area contributed by atoms with Gasteiger partial charge in [-0.25, -0.2) is 0 Å². The average molecular weight is 406 g/mol. The Labute approximate surface area is 173 Å². The zero-order chi connectivity index (χ0) is 18.8. The number of likely N-dealkylation sites (tertiary alicyclic amines) is 1. The minimum absolute atomic E-state index is 0. The summed E-state index contributed by atoms with van der Waals surface area (Å²) < 4.78 is 0. The first-order chi connectivity index (χ1) is 13.1. The summed E-state index contributed by atoms with van der Waals surface area (Å²) in [6.45, 7) is 1.67. The quantitative estimate of drug-likeness (QED) is 0.802. The number of carbonyl (C=O) groups is 2. The number of carbonyl (C=O) groups excluding carboxylic acids is 2. The molecule has 1 saturated heterocycles. The zero-order valence-electron chi connectivity index (χ0n) is 16.4. The van der Waals surface area contributed by atoms with Crippen molar-refractivity contribution in [3.63, 3.8) is 0 Å². The normalized spacial score (nSPS) is 29.5. The number of nitrogens with zero attached hydrogens (tertiary/aromatic N) is 1. The summed E-state index contributed by atoms with van der Waals surface area (Å²) in [7, 11) is 0. The molecule has 1 aliphatic heterocycles. The number of hydrogen-bond acceptors (Lipinski definition) is 3. The van der Waals surface area contributed by atoms with E-state index in [9.17, 15) is 9.59 Å². The molecule has 2 saturated carbocycles. The number of piperidine rings is 1. The number of halogens is 1. The van der Waals surface area contributed by atoms with E-state index in [1.54, 1.807) is 0 Å². The molecule has 0 spiro atoms. The van der Waals surface area contributed by atoms with E-state index in [0.717, 1.165) is 57.3 Å². The van der Waals surface area contributed by atoms with Crippen molar-refractivity contribution < 1.29 is 9.59 Å². The molecule has 0 aromatic heterocycles. The third kappa shape index (κ3) is 4.52. The molecule has 0 radical (unpaired) electrons. The molecular formula is C22H32ClN3O2. The van der Waals surface area contributed by atoms with E-state index >= 15 is 0 Å². The van der Waals surface area contributed by atoms with E-state index in [1.165, 1.54) is 12.8 Å². The number of amides is 2. The molecule has 3 N–H and O–H groups in total. The van der Waals surface area contributed by atoms with Gasteiger partial charge in [0.1, 0.15) is 0 Å². The Morgan fingerprint density at radius 2 is 1.68 bits per heavy atom. The first-order valence-electron chi connectivity index (χ1n) is 10.6. The van der Waals surface area contributed by atoms with Crippen LogP contribution in [0.15, 0.2) is 24.3 Å². The van der Waals surface area contributed by atoms with Gasteiger partial charge in [-0.05, 0) is 75.0 Å². The molecule has 3 fully saturated rings. The van der Waals surface area contributed by atoms with Gasteiger partial charge in [0, 0.05) is 36.3 Å². The van der Waals surface area contributed by atoms with Gasteiger partial charge in [0.05, 0.1) is 0 Å². The van der Waals surface area contributed by atoms with E-state index < -0.39 is 0 Å². The Hall–Kier alpha value is -1.59. The summed E-state index contributed by atoms with van der Waals surface area (Å²) >= 11 is 0. The Morgan fingerprint density at radius 3 is 2.36 bits per heavy atom. The second-order valence-electron chi connectivity index (χ2n) is 8.62. The molecule has 5 nitrogen and oxygen atoms in total. The lowest BCUT2D eigenvalue weighted by Crippen LogP contribution is -2.48. The van der Waals surface area contributed by atoms with E-state index in [-0.39, 0.29) is 36.2 Å². The van der Waals surface area contributed by atoms with Crippen LogP contribution < -0.4 is 11.1 Å². The van der Waals surface area contributed by atoms with Crippen LogP contribution in [0.1, 0.15) is 61.7 Å². The van der Waals surface area contributed by atoms with Gasteiger partial charge in [-0.2, -0.15) is 0 Å². The summed E-state index contributed by atoms with van der Waals surface area (Å²) in [5.74, 6) is 1.17. The molecule has 2 aliphatic carbocycles. The molecule has 1 heterocycles. The summed E-state index contributed by atoms with van der Waals surface area (Å²) in [6, 6.07) is 7.67. The minimum atomic E-state index is 0. The highest BCUT2D eigenvalue weighted by molar-refractivity contribution is 5.97.